The van der Waals surface area contributed by atoms with Crippen LogP contribution in [0.5, 0.6) is 0 Å². The Hall–Kier alpha value is -2.55. The number of amides is 1. The van der Waals surface area contributed by atoms with Gasteiger partial charge in [-0.15, -0.1) is 0 Å². The van der Waals surface area contributed by atoms with E-state index in [1.54, 1.807) is 37.4 Å². The van der Waals surface area contributed by atoms with Crippen LogP contribution in [0.4, 0.5) is 5.82 Å². The third-order valence-corrected chi connectivity index (χ3v) is 5.28. The molecular weight excluding hydrogens is 350 g/mol. The molecule has 0 radical (unpaired) electrons. The summed E-state index contributed by atoms with van der Waals surface area (Å²) >= 11 is 0. The van der Waals surface area contributed by atoms with Gasteiger partial charge in [-0.3, -0.25) is 9.36 Å². The monoisotopic (exact) mass is 371 g/mol. The van der Waals surface area contributed by atoms with Crippen LogP contribution in [0.3, 0.4) is 0 Å². The fourth-order valence-corrected chi connectivity index (χ4v) is 3.62. The number of aliphatic hydroxyl groups excluding tert-OH is 1. The van der Waals surface area contributed by atoms with Crippen LogP contribution in [0.15, 0.2) is 41.3 Å². The van der Waals surface area contributed by atoms with Gasteiger partial charge in [0.15, 0.2) is 6.23 Å². The lowest BCUT2D eigenvalue weighted by Crippen LogP contribution is -2.40. The minimum absolute atomic E-state index is 0.194. The molecule has 142 valence electrons. The number of aromatic nitrogens is 2. The Morgan fingerprint density at radius 3 is 2.81 bits per heavy atom. The predicted octanol–water partition coefficient (Wildman–Crippen LogP) is 1.24. The first-order valence-electron chi connectivity index (χ1n) is 8.89. The van der Waals surface area contributed by atoms with Crippen LogP contribution in [0.1, 0.15) is 35.5 Å². The van der Waals surface area contributed by atoms with Crippen LogP contribution < -0.4 is 11.0 Å². The van der Waals surface area contributed by atoms with Gasteiger partial charge in [-0.05, 0) is 25.5 Å². The molecule has 4 rings (SSSR count). The molecule has 8 heteroatoms. The van der Waals surface area contributed by atoms with Crippen molar-refractivity contribution in [3.05, 3.63) is 58.1 Å². The molecular formula is C19H21N3O5. The summed E-state index contributed by atoms with van der Waals surface area (Å²) in [5.41, 5.74) is -0.294. The zero-order valence-electron chi connectivity index (χ0n) is 15.1. The summed E-state index contributed by atoms with van der Waals surface area (Å²) in [6.07, 6.45) is -0.00839. The molecule has 2 aliphatic heterocycles. The second-order valence-corrected chi connectivity index (χ2v) is 6.93. The number of aliphatic hydroxyl groups is 1. The largest absolute Gasteiger partial charge is 0.387 e. The first-order valence-corrected chi connectivity index (χ1v) is 8.89. The summed E-state index contributed by atoms with van der Waals surface area (Å²) in [7, 11) is 0. The molecule has 27 heavy (non-hydrogen) atoms. The van der Waals surface area contributed by atoms with E-state index in [2.05, 4.69) is 10.3 Å². The minimum Gasteiger partial charge on any atom is -0.387 e. The Kier molecular flexibility index (Phi) is 4.33. The van der Waals surface area contributed by atoms with Crippen molar-refractivity contribution >= 4 is 11.7 Å². The molecule has 0 spiro atoms. The van der Waals surface area contributed by atoms with Crippen LogP contribution in [-0.2, 0) is 9.47 Å². The number of aryl methyl sites for hydroxylation is 1. The van der Waals surface area contributed by atoms with E-state index in [0.29, 0.717) is 24.2 Å². The molecule has 2 fully saturated rings. The number of ether oxygens (including phenoxy) is 2. The van der Waals surface area contributed by atoms with Gasteiger partial charge in [0.1, 0.15) is 23.6 Å². The highest BCUT2D eigenvalue weighted by molar-refractivity contribution is 6.03. The summed E-state index contributed by atoms with van der Waals surface area (Å²) in [5.74, 6) is -0.150. The van der Waals surface area contributed by atoms with Crippen molar-refractivity contribution in [2.24, 2.45) is 0 Å². The Labute approximate surface area is 155 Å². The van der Waals surface area contributed by atoms with Gasteiger partial charge in [-0.1, -0.05) is 25.1 Å². The van der Waals surface area contributed by atoms with Crippen LogP contribution in [-0.4, -0.2) is 45.0 Å². The van der Waals surface area contributed by atoms with Gasteiger partial charge in [-0.2, -0.15) is 4.98 Å². The zero-order chi connectivity index (χ0) is 19.2. The maximum atomic E-state index is 12.6. The molecule has 1 unspecified atom stereocenters. The highest BCUT2D eigenvalue weighted by Gasteiger charge is 2.60. The molecule has 0 aliphatic carbocycles. The van der Waals surface area contributed by atoms with E-state index in [1.165, 1.54) is 4.57 Å². The third-order valence-electron chi connectivity index (χ3n) is 5.28. The average molecular weight is 371 g/mol. The van der Waals surface area contributed by atoms with E-state index in [1.807, 2.05) is 13.0 Å². The summed E-state index contributed by atoms with van der Waals surface area (Å²) < 4.78 is 12.9. The molecule has 1 aromatic heterocycles. The second kappa shape index (κ2) is 6.56. The Bertz CT molecular complexity index is 929. The van der Waals surface area contributed by atoms with Crippen molar-refractivity contribution in [2.45, 2.75) is 44.3 Å². The minimum atomic E-state index is -0.794. The molecule has 3 heterocycles. The normalized spacial score (nSPS) is 29.1. The maximum absolute atomic E-state index is 12.6. The predicted molar refractivity (Wildman–Crippen MR) is 96.5 cm³/mol. The van der Waals surface area contributed by atoms with E-state index < -0.39 is 29.7 Å². The van der Waals surface area contributed by atoms with Gasteiger partial charge in [0.25, 0.3) is 5.91 Å². The van der Waals surface area contributed by atoms with Crippen molar-refractivity contribution in [3.63, 3.8) is 0 Å². The summed E-state index contributed by atoms with van der Waals surface area (Å²) in [6, 6.07) is 8.69. The number of nitrogens with one attached hydrogen (secondary N) is 1. The van der Waals surface area contributed by atoms with Crippen LogP contribution in [0.25, 0.3) is 0 Å². The molecule has 2 aromatic rings. The van der Waals surface area contributed by atoms with Crippen molar-refractivity contribution in [1.82, 2.24) is 9.55 Å². The van der Waals surface area contributed by atoms with E-state index in [4.69, 9.17) is 9.47 Å². The smallest absolute Gasteiger partial charge is 0.351 e. The Morgan fingerprint density at radius 2 is 2.15 bits per heavy atom. The molecule has 2 aliphatic rings. The topological polar surface area (TPSA) is 103 Å². The van der Waals surface area contributed by atoms with Crippen LogP contribution in [0.2, 0.25) is 0 Å². The molecule has 2 N–H and O–H groups in total. The lowest BCUT2D eigenvalue weighted by Gasteiger charge is -2.30. The maximum Gasteiger partial charge on any atom is 0.351 e. The summed E-state index contributed by atoms with van der Waals surface area (Å²) in [5, 5.41) is 13.1. The van der Waals surface area contributed by atoms with E-state index in [-0.39, 0.29) is 11.7 Å². The van der Waals surface area contributed by atoms with Gasteiger partial charge in [-0.25, -0.2) is 4.79 Å². The van der Waals surface area contributed by atoms with Gasteiger partial charge < -0.3 is 19.9 Å². The standard InChI is InChI=1S/C19H21N3O5/c1-3-19-10-26-13(14(19)23)17(27-19)22-9-11(2)15(21-18(22)25)20-16(24)12-7-5-4-6-8-12/h4-9,13-14,17,23H,3,10H2,1-2H3,(H,20,21,24,25)/t13-,14?,17+,19-/m0/s1. The highest BCUT2D eigenvalue weighted by Crippen LogP contribution is 2.46. The number of benzene rings is 1. The van der Waals surface area contributed by atoms with E-state index in [0.717, 1.165) is 0 Å². The fourth-order valence-electron chi connectivity index (χ4n) is 3.62. The number of anilines is 1. The molecule has 2 bridgehead atoms. The SMILES string of the molecule is CC[C@]12CO[C@@H](C1O)[C@H](n1cc(C)c(NC(=O)c3ccccc3)nc1=O)O2. The number of rotatable bonds is 4. The summed E-state index contributed by atoms with van der Waals surface area (Å²) in [6.45, 7) is 3.95. The second-order valence-electron chi connectivity index (χ2n) is 6.93. The van der Waals surface area contributed by atoms with Gasteiger partial charge in [0, 0.05) is 17.3 Å². The van der Waals surface area contributed by atoms with Crippen LogP contribution in [0, 0.1) is 6.92 Å². The molecule has 1 aromatic carbocycles. The van der Waals surface area contributed by atoms with Gasteiger partial charge in [0.05, 0.1) is 6.61 Å². The Balaban J connectivity index is 1.60. The highest BCUT2D eigenvalue weighted by atomic mass is 16.6. The molecule has 2 saturated heterocycles. The first-order chi connectivity index (χ1) is 12.9. The fraction of sp³-hybridized carbons (Fsp3) is 0.421. The number of fused-ring (bicyclic) bond motifs is 2. The van der Waals surface area contributed by atoms with Crippen molar-refractivity contribution < 1.29 is 19.4 Å². The summed E-state index contributed by atoms with van der Waals surface area (Å²) in [4.78, 5) is 28.9. The Morgan fingerprint density at radius 1 is 1.41 bits per heavy atom. The number of carbonyl (C=O) groups is 1. The lowest BCUT2D eigenvalue weighted by atomic mass is 9.96. The van der Waals surface area contributed by atoms with Crippen LogP contribution >= 0.6 is 0 Å². The lowest BCUT2D eigenvalue weighted by molar-refractivity contribution is -0.175. The molecule has 8 nitrogen and oxygen atoms in total. The molecule has 4 atom stereocenters. The van der Waals surface area contributed by atoms with E-state index in [9.17, 15) is 14.7 Å². The van der Waals surface area contributed by atoms with Crippen molar-refractivity contribution in [1.29, 1.82) is 0 Å². The number of hydrogen-bond donors (Lipinski definition) is 2. The van der Waals surface area contributed by atoms with E-state index >= 15 is 0 Å². The van der Waals surface area contributed by atoms with Crippen molar-refractivity contribution in [3.8, 4) is 0 Å². The first kappa shape index (κ1) is 17.8. The molecule has 1 amide bonds. The number of hydrogen-bond acceptors (Lipinski definition) is 6. The average Bonchev–Trinajstić information content (AvgIpc) is 3.15. The number of nitrogens with zero attached hydrogens (tertiary/aromatic N) is 2. The van der Waals surface area contributed by atoms with Gasteiger partial charge >= 0.3 is 5.69 Å². The zero-order valence-corrected chi connectivity index (χ0v) is 15.1. The quantitative estimate of drug-likeness (QED) is 0.838. The number of carbonyl (C=O) groups excluding carboxylic acids is 1. The third kappa shape index (κ3) is 2.86. The van der Waals surface area contributed by atoms with Crippen molar-refractivity contribution in [2.75, 3.05) is 11.9 Å². The van der Waals surface area contributed by atoms with Gasteiger partial charge in [0.2, 0.25) is 0 Å². The molecule has 0 saturated carbocycles.